The first-order valence-electron chi connectivity index (χ1n) is 5.07. The summed E-state index contributed by atoms with van der Waals surface area (Å²) < 4.78 is 5.35. The minimum Gasteiger partial charge on any atom is -0.379 e. The zero-order valence-electron chi connectivity index (χ0n) is 9.89. The summed E-state index contributed by atoms with van der Waals surface area (Å²) in [6.45, 7) is 8.89. The van der Waals surface area contributed by atoms with Crippen LogP contribution in [0.4, 0.5) is 0 Å². The normalized spacial score (nSPS) is 13.6. The van der Waals surface area contributed by atoms with E-state index in [-0.39, 0.29) is 38.3 Å². The predicted molar refractivity (Wildman–Crippen MR) is 54.4 cm³/mol. The van der Waals surface area contributed by atoms with Crippen LogP contribution < -0.4 is 0 Å². The van der Waals surface area contributed by atoms with Gasteiger partial charge < -0.3 is 4.74 Å². The van der Waals surface area contributed by atoms with Gasteiger partial charge in [-0.2, -0.15) is 0 Å². The van der Waals surface area contributed by atoms with Crippen LogP contribution in [0.2, 0.25) is 0 Å². The van der Waals surface area contributed by atoms with E-state index in [1.165, 1.54) is 25.7 Å². The average Bonchev–Trinajstić information content (AvgIpc) is 2.04. The Balaban J connectivity index is 0. The van der Waals surface area contributed by atoms with Gasteiger partial charge in [-0.15, -0.1) is 0 Å². The van der Waals surface area contributed by atoms with Crippen LogP contribution in [0.25, 0.3) is 0 Å². The first-order valence-corrected chi connectivity index (χ1v) is 5.07. The second kappa shape index (κ2) is 8.38. The van der Waals surface area contributed by atoms with E-state index in [0.717, 1.165) is 5.92 Å². The predicted octanol–water partition coefficient (Wildman–Crippen LogP) is 3.63. The third-order valence-electron chi connectivity index (χ3n) is 2.73. The third-order valence-corrected chi connectivity index (χ3v) is 2.73. The molecule has 0 aliphatic rings. The van der Waals surface area contributed by atoms with Crippen LogP contribution in [0.3, 0.4) is 0 Å². The van der Waals surface area contributed by atoms with E-state index in [2.05, 4.69) is 27.7 Å². The van der Waals surface area contributed by atoms with Crippen molar-refractivity contribution in [2.45, 2.75) is 59.0 Å². The van der Waals surface area contributed by atoms with Crippen LogP contribution in [0.15, 0.2) is 0 Å². The van der Waals surface area contributed by atoms with E-state index in [1.54, 1.807) is 7.11 Å². The van der Waals surface area contributed by atoms with Gasteiger partial charge in [0, 0.05) is 39.8 Å². The average molecular weight is 261 g/mol. The minimum absolute atomic E-state index is 0. The van der Waals surface area contributed by atoms with Crippen molar-refractivity contribution >= 4 is 0 Å². The molecule has 77 valence electrons. The molecule has 0 amide bonds. The maximum Gasteiger partial charge on any atom is 0.0622 e. The monoisotopic (exact) mass is 261 g/mol. The van der Waals surface area contributed by atoms with Crippen molar-refractivity contribution < 1.29 is 37.4 Å². The zero-order chi connectivity index (χ0) is 9.61. The van der Waals surface area contributed by atoms with Gasteiger partial charge in [0.1, 0.15) is 0 Å². The Morgan fingerprint density at radius 3 is 2.23 bits per heavy atom. The van der Waals surface area contributed by atoms with Gasteiger partial charge in [0.05, 0.1) is 5.60 Å². The molecule has 1 radical (unpaired) electrons. The largest absolute Gasteiger partial charge is 0.379 e. The Labute approximate surface area is 109 Å². The second-order valence-corrected chi connectivity index (χ2v) is 4.37. The molecular formula is C11H24OY. The quantitative estimate of drug-likeness (QED) is 0.709. The molecule has 0 aliphatic carbocycles. The maximum atomic E-state index is 5.35. The van der Waals surface area contributed by atoms with Crippen molar-refractivity contribution in [1.29, 1.82) is 0 Å². The minimum atomic E-state index is 0. The first kappa shape index (κ1) is 16.5. The van der Waals surface area contributed by atoms with Gasteiger partial charge in [0.25, 0.3) is 0 Å². The molecule has 13 heavy (non-hydrogen) atoms. The molecule has 0 saturated heterocycles. The number of ether oxygens (including phenoxy) is 1. The van der Waals surface area contributed by atoms with E-state index in [1.807, 2.05) is 0 Å². The molecular weight excluding hydrogens is 237 g/mol. The molecule has 2 heteroatoms. The number of methoxy groups -OCH3 is 1. The van der Waals surface area contributed by atoms with Crippen LogP contribution >= 0.6 is 0 Å². The number of hydrogen-bond donors (Lipinski definition) is 0. The van der Waals surface area contributed by atoms with Crippen molar-refractivity contribution in [1.82, 2.24) is 0 Å². The summed E-state index contributed by atoms with van der Waals surface area (Å²) in [5.74, 6) is 0.873. The standard InChI is InChI=1S/C11H24O.Y/c1-6-10(2)8-7-9-11(3,4)12-5;/h10H,6-9H2,1-5H3;. The fourth-order valence-electron chi connectivity index (χ4n) is 1.18. The molecule has 0 aromatic carbocycles. The van der Waals surface area contributed by atoms with Crippen molar-refractivity contribution in [3.8, 4) is 0 Å². The molecule has 1 atom stereocenters. The van der Waals surface area contributed by atoms with Crippen molar-refractivity contribution in [3.05, 3.63) is 0 Å². The summed E-state index contributed by atoms with van der Waals surface area (Å²) in [4.78, 5) is 0. The Hall–Kier alpha value is 1.06. The van der Waals surface area contributed by atoms with Crippen molar-refractivity contribution in [3.63, 3.8) is 0 Å². The Kier molecular flexibility index (Phi) is 10.6. The van der Waals surface area contributed by atoms with Gasteiger partial charge in [0.2, 0.25) is 0 Å². The van der Waals surface area contributed by atoms with E-state index in [0.29, 0.717) is 0 Å². The second-order valence-electron chi connectivity index (χ2n) is 4.37. The van der Waals surface area contributed by atoms with Crippen molar-refractivity contribution in [2.24, 2.45) is 5.92 Å². The number of rotatable bonds is 6. The molecule has 0 aromatic rings. The number of hydrogen-bond acceptors (Lipinski definition) is 1. The molecule has 1 unspecified atom stereocenters. The van der Waals surface area contributed by atoms with E-state index in [9.17, 15) is 0 Å². The molecule has 0 heterocycles. The van der Waals surface area contributed by atoms with Crippen LogP contribution in [0.1, 0.15) is 53.4 Å². The molecule has 0 fully saturated rings. The van der Waals surface area contributed by atoms with E-state index < -0.39 is 0 Å². The smallest absolute Gasteiger partial charge is 0.0622 e. The summed E-state index contributed by atoms with van der Waals surface area (Å²) in [6.07, 6.45) is 5.10. The molecule has 0 N–H and O–H groups in total. The summed E-state index contributed by atoms with van der Waals surface area (Å²) >= 11 is 0. The fourth-order valence-corrected chi connectivity index (χ4v) is 1.18. The van der Waals surface area contributed by atoms with Crippen LogP contribution in [-0.2, 0) is 37.4 Å². The molecule has 0 aromatic heterocycles. The summed E-state index contributed by atoms with van der Waals surface area (Å²) in [6, 6.07) is 0. The topological polar surface area (TPSA) is 9.23 Å². The molecule has 0 saturated carbocycles. The summed E-state index contributed by atoms with van der Waals surface area (Å²) in [5, 5.41) is 0. The van der Waals surface area contributed by atoms with E-state index >= 15 is 0 Å². The zero-order valence-corrected chi connectivity index (χ0v) is 12.7. The Morgan fingerprint density at radius 2 is 1.85 bits per heavy atom. The Morgan fingerprint density at radius 1 is 1.31 bits per heavy atom. The van der Waals surface area contributed by atoms with Gasteiger partial charge >= 0.3 is 0 Å². The maximum absolute atomic E-state index is 5.35. The first-order chi connectivity index (χ1) is 5.52. The Bertz CT molecular complexity index is 113. The van der Waals surface area contributed by atoms with Gasteiger partial charge in [0.15, 0.2) is 0 Å². The van der Waals surface area contributed by atoms with Crippen molar-refractivity contribution in [2.75, 3.05) is 7.11 Å². The van der Waals surface area contributed by atoms with Crippen LogP contribution in [0.5, 0.6) is 0 Å². The van der Waals surface area contributed by atoms with Crippen LogP contribution in [0, 0.1) is 5.92 Å². The SMILES string of the molecule is CCC(C)CCCC(C)(C)OC.[Y]. The molecule has 1 nitrogen and oxygen atoms in total. The molecule has 0 rings (SSSR count). The third kappa shape index (κ3) is 9.37. The van der Waals surface area contributed by atoms with Gasteiger partial charge in [-0.25, -0.2) is 0 Å². The summed E-state index contributed by atoms with van der Waals surface area (Å²) in [5.41, 5.74) is 0.0768. The van der Waals surface area contributed by atoms with Crippen LogP contribution in [-0.4, -0.2) is 12.7 Å². The van der Waals surface area contributed by atoms with Gasteiger partial charge in [-0.3, -0.25) is 0 Å². The van der Waals surface area contributed by atoms with E-state index in [4.69, 9.17) is 4.74 Å². The molecule has 0 spiro atoms. The fraction of sp³-hybridized carbons (Fsp3) is 1.00. The van der Waals surface area contributed by atoms with Gasteiger partial charge in [-0.1, -0.05) is 33.1 Å². The molecule has 0 aliphatic heterocycles. The van der Waals surface area contributed by atoms with Gasteiger partial charge in [-0.05, 0) is 26.2 Å². The molecule has 0 bridgehead atoms. The summed E-state index contributed by atoms with van der Waals surface area (Å²) in [7, 11) is 1.79.